The number of carbonyl (C=O) groups excluding carboxylic acids is 1. The number of urea groups is 1. The number of benzene rings is 1. The maximum Gasteiger partial charge on any atom is 0.319 e. The molecule has 0 aliphatic rings. The number of rotatable bonds is 5. The summed E-state index contributed by atoms with van der Waals surface area (Å²) in [5.41, 5.74) is 0.160. The molecule has 1 aromatic carbocycles. The van der Waals surface area contributed by atoms with Crippen LogP contribution in [0.15, 0.2) is 18.2 Å². The van der Waals surface area contributed by atoms with Gasteiger partial charge in [0.05, 0.1) is 6.61 Å². The zero-order valence-corrected chi connectivity index (χ0v) is 11.4. The molecule has 3 N–H and O–H groups in total. The van der Waals surface area contributed by atoms with Gasteiger partial charge in [-0.05, 0) is 25.3 Å². The highest BCUT2D eigenvalue weighted by Gasteiger charge is 2.17. The summed E-state index contributed by atoms with van der Waals surface area (Å²) < 4.78 is 25.7. The number of nitrogens with one attached hydrogen (secondary N) is 2. The molecule has 1 aromatic rings. The van der Waals surface area contributed by atoms with Crippen molar-refractivity contribution in [2.45, 2.75) is 18.2 Å². The minimum Gasteiger partial charge on any atom is -0.395 e. The molecule has 0 fully saturated rings. The molecular formula is C12H16F2N2O2S. The summed E-state index contributed by atoms with van der Waals surface area (Å²) in [7, 11) is 0. The lowest BCUT2D eigenvalue weighted by Gasteiger charge is -2.21. The predicted octanol–water partition coefficient (Wildman–Crippen LogP) is 2.20. The first kappa shape index (κ1) is 15.7. The largest absolute Gasteiger partial charge is 0.395 e. The van der Waals surface area contributed by atoms with Gasteiger partial charge in [0.25, 0.3) is 0 Å². The van der Waals surface area contributed by atoms with Gasteiger partial charge in [-0.25, -0.2) is 13.6 Å². The van der Waals surface area contributed by atoms with E-state index in [4.69, 9.17) is 5.11 Å². The molecule has 106 valence electrons. The molecule has 0 aliphatic carbocycles. The van der Waals surface area contributed by atoms with Gasteiger partial charge in [0.1, 0.15) is 0 Å². The van der Waals surface area contributed by atoms with Gasteiger partial charge in [-0.3, -0.25) is 0 Å². The van der Waals surface area contributed by atoms with Crippen LogP contribution in [0.25, 0.3) is 0 Å². The van der Waals surface area contributed by atoms with E-state index < -0.39 is 17.7 Å². The molecule has 2 unspecified atom stereocenters. The number of hydrogen-bond donors (Lipinski definition) is 3. The van der Waals surface area contributed by atoms with Gasteiger partial charge in [-0.15, -0.1) is 0 Å². The second kappa shape index (κ2) is 7.30. The number of carbonyl (C=O) groups is 1. The Hall–Kier alpha value is -1.34. The van der Waals surface area contributed by atoms with E-state index in [1.807, 2.05) is 6.26 Å². The average molecular weight is 290 g/mol. The van der Waals surface area contributed by atoms with Crippen LogP contribution in [0, 0.1) is 11.6 Å². The van der Waals surface area contributed by atoms with Crippen molar-refractivity contribution < 1.29 is 18.7 Å². The summed E-state index contributed by atoms with van der Waals surface area (Å²) in [4.78, 5) is 11.6. The Kier molecular flexibility index (Phi) is 6.04. The Labute approximate surface area is 114 Å². The first-order chi connectivity index (χ1) is 8.97. The normalized spacial score (nSPS) is 13.7. The SMILES string of the molecule is CSC(CO)C(C)NC(=O)Nc1ccc(F)c(F)c1. The zero-order valence-electron chi connectivity index (χ0n) is 10.6. The number of thioether (sulfide) groups is 1. The fraction of sp³-hybridized carbons (Fsp3) is 0.417. The maximum absolute atomic E-state index is 12.9. The third-order valence-corrected chi connectivity index (χ3v) is 3.74. The Balaban J connectivity index is 2.57. The lowest BCUT2D eigenvalue weighted by molar-refractivity contribution is 0.243. The van der Waals surface area contributed by atoms with Crippen LogP contribution in [0.5, 0.6) is 0 Å². The van der Waals surface area contributed by atoms with E-state index in [1.54, 1.807) is 6.92 Å². The number of hydrogen-bond acceptors (Lipinski definition) is 3. The average Bonchev–Trinajstić information content (AvgIpc) is 2.35. The molecule has 19 heavy (non-hydrogen) atoms. The quantitative estimate of drug-likeness (QED) is 0.779. The van der Waals surface area contributed by atoms with Crippen LogP contribution in [0.1, 0.15) is 6.92 Å². The van der Waals surface area contributed by atoms with Crippen molar-refractivity contribution in [2.75, 3.05) is 18.2 Å². The summed E-state index contributed by atoms with van der Waals surface area (Å²) in [6.07, 6.45) is 1.83. The summed E-state index contributed by atoms with van der Waals surface area (Å²) in [6.45, 7) is 1.69. The fourth-order valence-electron chi connectivity index (χ4n) is 1.48. The standard InChI is InChI=1S/C12H16F2N2O2S/c1-7(11(6-17)19-2)15-12(18)16-8-3-4-9(13)10(14)5-8/h3-5,7,11,17H,6H2,1-2H3,(H2,15,16,18). The summed E-state index contributed by atoms with van der Waals surface area (Å²) >= 11 is 1.43. The highest BCUT2D eigenvalue weighted by Crippen LogP contribution is 2.14. The first-order valence-corrected chi connectivity index (χ1v) is 6.93. The van der Waals surface area contributed by atoms with Gasteiger partial charge < -0.3 is 15.7 Å². The molecule has 4 nitrogen and oxygen atoms in total. The van der Waals surface area contributed by atoms with Gasteiger partial charge in [0.15, 0.2) is 11.6 Å². The molecule has 0 aromatic heterocycles. The zero-order chi connectivity index (χ0) is 14.4. The van der Waals surface area contributed by atoms with Crippen LogP contribution in [-0.4, -0.2) is 35.3 Å². The second-order valence-electron chi connectivity index (χ2n) is 3.97. The van der Waals surface area contributed by atoms with Gasteiger partial charge in [-0.1, -0.05) is 0 Å². The van der Waals surface area contributed by atoms with Crippen LogP contribution >= 0.6 is 11.8 Å². The van der Waals surface area contributed by atoms with Crippen molar-refractivity contribution in [1.82, 2.24) is 5.32 Å². The third kappa shape index (κ3) is 4.68. The molecule has 0 saturated heterocycles. The van der Waals surface area contributed by atoms with Crippen molar-refractivity contribution in [3.63, 3.8) is 0 Å². The molecule has 0 aliphatic heterocycles. The molecule has 2 amide bonds. The van der Waals surface area contributed by atoms with E-state index in [-0.39, 0.29) is 23.6 Å². The maximum atomic E-state index is 12.9. The molecule has 2 atom stereocenters. The Morgan fingerprint density at radius 1 is 1.42 bits per heavy atom. The third-order valence-electron chi connectivity index (χ3n) is 2.58. The van der Waals surface area contributed by atoms with E-state index in [1.165, 1.54) is 17.8 Å². The van der Waals surface area contributed by atoms with Crippen LogP contribution < -0.4 is 10.6 Å². The molecule has 0 radical (unpaired) electrons. The molecule has 1 rings (SSSR count). The smallest absolute Gasteiger partial charge is 0.319 e. The van der Waals surface area contributed by atoms with E-state index in [0.717, 1.165) is 12.1 Å². The van der Waals surface area contributed by atoms with Crippen molar-refractivity contribution in [3.05, 3.63) is 29.8 Å². The van der Waals surface area contributed by atoms with Crippen LogP contribution in [0.2, 0.25) is 0 Å². The van der Waals surface area contributed by atoms with E-state index >= 15 is 0 Å². The monoisotopic (exact) mass is 290 g/mol. The number of halogens is 2. The Bertz CT molecular complexity index is 442. The topological polar surface area (TPSA) is 61.4 Å². The number of aliphatic hydroxyl groups excluding tert-OH is 1. The van der Waals surface area contributed by atoms with Gasteiger partial charge >= 0.3 is 6.03 Å². The number of amides is 2. The Morgan fingerprint density at radius 2 is 2.11 bits per heavy atom. The lowest BCUT2D eigenvalue weighted by atomic mass is 10.2. The second-order valence-corrected chi connectivity index (χ2v) is 5.05. The van der Waals surface area contributed by atoms with Crippen molar-refractivity contribution in [1.29, 1.82) is 0 Å². The Morgan fingerprint density at radius 3 is 2.63 bits per heavy atom. The highest BCUT2D eigenvalue weighted by atomic mass is 32.2. The van der Waals surface area contributed by atoms with Crippen LogP contribution in [0.3, 0.4) is 0 Å². The molecule has 0 saturated carbocycles. The van der Waals surface area contributed by atoms with E-state index in [2.05, 4.69) is 10.6 Å². The highest BCUT2D eigenvalue weighted by molar-refractivity contribution is 7.99. The van der Waals surface area contributed by atoms with Crippen molar-refractivity contribution in [3.8, 4) is 0 Å². The molecule has 0 heterocycles. The molecular weight excluding hydrogens is 274 g/mol. The minimum atomic E-state index is -1.02. The summed E-state index contributed by atoms with van der Waals surface area (Å²) in [6, 6.07) is 2.31. The number of anilines is 1. The molecule has 0 spiro atoms. The minimum absolute atomic E-state index is 0.0617. The van der Waals surface area contributed by atoms with Gasteiger partial charge in [-0.2, -0.15) is 11.8 Å². The van der Waals surface area contributed by atoms with Gasteiger partial charge in [0.2, 0.25) is 0 Å². The first-order valence-electron chi connectivity index (χ1n) is 5.64. The summed E-state index contributed by atoms with van der Waals surface area (Å²) in [5, 5.41) is 14.0. The van der Waals surface area contributed by atoms with Gasteiger partial charge in [0, 0.05) is 23.0 Å². The van der Waals surface area contributed by atoms with E-state index in [0.29, 0.717) is 0 Å². The molecule has 7 heteroatoms. The van der Waals surface area contributed by atoms with Crippen LogP contribution in [0.4, 0.5) is 19.3 Å². The molecule has 0 bridgehead atoms. The summed E-state index contributed by atoms with van der Waals surface area (Å²) in [5.74, 6) is -2.00. The fourth-order valence-corrected chi connectivity index (χ4v) is 2.10. The number of aliphatic hydroxyl groups is 1. The lowest BCUT2D eigenvalue weighted by Crippen LogP contribution is -2.43. The van der Waals surface area contributed by atoms with Crippen molar-refractivity contribution >= 4 is 23.5 Å². The predicted molar refractivity (Wildman–Crippen MR) is 72.4 cm³/mol. The van der Waals surface area contributed by atoms with E-state index in [9.17, 15) is 13.6 Å². The van der Waals surface area contributed by atoms with Crippen LogP contribution in [-0.2, 0) is 0 Å². The van der Waals surface area contributed by atoms with Crippen molar-refractivity contribution in [2.24, 2.45) is 0 Å².